The second-order valence-corrected chi connectivity index (χ2v) is 4.71. The lowest BCUT2D eigenvalue weighted by molar-refractivity contribution is 0.102. The van der Waals surface area contributed by atoms with Gasteiger partial charge in [-0.3, -0.25) is 4.79 Å². The lowest BCUT2D eigenvalue weighted by Gasteiger charge is -2.06. The van der Waals surface area contributed by atoms with Crippen LogP contribution in [-0.4, -0.2) is 10.9 Å². The van der Waals surface area contributed by atoms with Crippen LogP contribution in [0.2, 0.25) is 0 Å². The van der Waals surface area contributed by atoms with Gasteiger partial charge in [-0.1, -0.05) is 0 Å². The highest BCUT2D eigenvalue weighted by Crippen LogP contribution is 2.16. The Kier molecular flexibility index (Phi) is 3.75. The third kappa shape index (κ3) is 2.95. The molecule has 1 aromatic heterocycles. The Morgan fingerprint density at radius 2 is 2.11 bits per heavy atom. The number of nitrogens with two attached hydrogens (primary N) is 1. The van der Waals surface area contributed by atoms with E-state index in [1.54, 1.807) is 12.1 Å². The van der Waals surface area contributed by atoms with Gasteiger partial charge in [-0.15, -0.1) is 0 Å². The Labute approximate surface area is 117 Å². The number of benzene rings is 1. The van der Waals surface area contributed by atoms with Crippen LogP contribution in [0.4, 0.5) is 15.9 Å². The van der Waals surface area contributed by atoms with Crippen molar-refractivity contribution >= 4 is 40.0 Å². The van der Waals surface area contributed by atoms with Crippen molar-refractivity contribution in [1.29, 1.82) is 0 Å². The maximum absolute atomic E-state index is 12.9. The maximum atomic E-state index is 12.9. The number of aromatic nitrogens is 1. The van der Waals surface area contributed by atoms with Gasteiger partial charge in [0.1, 0.15) is 11.6 Å². The molecule has 0 aliphatic carbocycles. The van der Waals surface area contributed by atoms with Crippen molar-refractivity contribution in [3.05, 3.63) is 51.5 Å². The number of carbonyl (C=O) groups is 1. The Hall–Kier alpha value is -1.70. The standard InChI is InChI=1S/C12H9FIN3O/c13-7-1-3-9(10(14)5-7)12(18)17-8-2-4-11(15)16-6-8/h1-6H,(H2,15,16)(H,17,18). The van der Waals surface area contributed by atoms with Gasteiger partial charge in [-0.2, -0.15) is 0 Å². The van der Waals surface area contributed by atoms with Crippen molar-refractivity contribution in [2.24, 2.45) is 0 Å². The number of nitrogens with one attached hydrogen (secondary N) is 1. The SMILES string of the molecule is Nc1ccc(NC(=O)c2ccc(F)cc2I)cn1. The number of rotatable bonds is 2. The fraction of sp³-hybridized carbons (Fsp3) is 0. The average Bonchev–Trinajstić information content (AvgIpc) is 2.32. The van der Waals surface area contributed by atoms with Crippen molar-refractivity contribution in [3.8, 4) is 0 Å². The Bertz CT molecular complexity index is 586. The molecule has 4 nitrogen and oxygen atoms in total. The van der Waals surface area contributed by atoms with Crippen LogP contribution in [0.25, 0.3) is 0 Å². The van der Waals surface area contributed by atoms with Crippen LogP contribution in [0.3, 0.4) is 0 Å². The molecule has 0 bridgehead atoms. The molecule has 0 saturated carbocycles. The van der Waals surface area contributed by atoms with E-state index in [1.165, 1.54) is 24.4 Å². The molecule has 2 aromatic rings. The van der Waals surface area contributed by atoms with E-state index in [1.807, 2.05) is 22.6 Å². The van der Waals surface area contributed by atoms with E-state index >= 15 is 0 Å². The largest absolute Gasteiger partial charge is 0.384 e. The fourth-order valence-corrected chi connectivity index (χ4v) is 2.07. The molecular weight excluding hydrogens is 348 g/mol. The summed E-state index contributed by atoms with van der Waals surface area (Å²) in [5, 5.41) is 2.66. The van der Waals surface area contributed by atoms with Crippen molar-refractivity contribution < 1.29 is 9.18 Å². The molecule has 1 aromatic carbocycles. The zero-order valence-corrected chi connectivity index (χ0v) is 11.3. The van der Waals surface area contributed by atoms with Crippen LogP contribution in [0.1, 0.15) is 10.4 Å². The van der Waals surface area contributed by atoms with Crippen molar-refractivity contribution in [2.75, 3.05) is 11.1 Å². The third-order valence-electron chi connectivity index (χ3n) is 2.22. The van der Waals surface area contributed by atoms with Gasteiger partial charge in [0.2, 0.25) is 0 Å². The van der Waals surface area contributed by atoms with E-state index in [0.717, 1.165) is 0 Å². The molecule has 0 fully saturated rings. The predicted molar refractivity (Wildman–Crippen MR) is 75.7 cm³/mol. The first-order valence-corrected chi connectivity index (χ1v) is 6.12. The number of nitrogens with zero attached hydrogens (tertiary/aromatic N) is 1. The number of hydrogen-bond donors (Lipinski definition) is 2. The molecule has 1 amide bonds. The summed E-state index contributed by atoms with van der Waals surface area (Å²) < 4.78 is 13.5. The molecule has 0 aliphatic heterocycles. The van der Waals surface area contributed by atoms with Gasteiger partial charge in [0.15, 0.2) is 0 Å². The number of nitrogen functional groups attached to an aromatic ring is 1. The summed E-state index contributed by atoms with van der Waals surface area (Å²) in [6.07, 6.45) is 1.46. The van der Waals surface area contributed by atoms with Crippen LogP contribution in [0.5, 0.6) is 0 Å². The molecule has 0 spiro atoms. The third-order valence-corrected chi connectivity index (χ3v) is 3.11. The first kappa shape index (κ1) is 12.7. The molecule has 18 heavy (non-hydrogen) atoms. The summed E-state index contributed by atoms with van der Waals surface area (Å²) in [6, 6.07) is 7.23. The molecule has 2 rings (SSSR count). The van der Waals surface area contributed by atoms with E-state index in [2.05, 4.69) is 10.3 Å². The highest BCUT2D eigenvalue weighted by molar-refractivity contribution is 14.1. The molecule has 1 heterocycles. The highest BCUT2D eigenvalue weighted by Gasteiger charge is 2.10. The Morgan fingerprint density at radius 3 is 2.72 bits per heavy atom. The monoisotopic (exact) mass is 357 g/mol. The molecule has 0 unspecified atom stereocenters. The van der Waals surface area contributed by atoms with Crippen LogP contribution in [-0.2, 0) is 0 Å². The second-order valence-electron chi connectivity index (χ2n) is 3.55. The minimum Gasteiger partial charge on any atom is -0.384 e. The summed E-state index contributed by atoms with van der Waals surface area (Å²) in [5.41, 5.74) is 6.39. The van der Waals surface area contributed by atoms with Gasteiger partial charge in [-0.25, -0.2) is 9.37 Å². The van der Waals surface area contributed by atoms with Crippen molar-refractivity contribution in [1.82, 2.24) is 4.98 Å². The summed E-state index contributed by atoms with van der Waals surface area (Å²) in [7, 11) is 0. The van der Waals surface area contributed by atoms with E-state index in [9.17, 15) is 9.18 Å². The summed E-state index contributed by atoms with van der Waals surface area (Å²) in [6.45, 7) is 0. The Morgan fingerprint density at radius 1 is 1.33 bits per heavy atom. The van der Waals surface area contributed by atoms with Crippen LogP contribution >= 0.6 is 22.6 Å². The zero-order chi connectivity index (χ0) is 13.1. The molecule has 0 aliphatic rings. The molecule has 6 heteroatoms. The van der Waals surface area contributed by atoms with Gasteiger partial charge in [0.25, 0.3) is 5.91 Å². The van der Waals surface area contributed by atoms with Gasteiger partial charge < -0.3 is 11.1 Å². The van der Waals surface area contributed by atoms with Gasteiger partial charge in [0.05, 0.1) is 17.4 Å². The zero-order valence-electron chi connectivity index (χ0n) is 9.15. The predicted octanol–water partition coefficient (Wildman–Crippen LogP) is 2.66. The lowest BCUT2D eigenvalue weighted by atomic mass is 10.2. The van der Waals surface area contributed by atoms with Crippen molar-refractivity contribution in [2.45, 2.75) is 0 Å². The first-order valence-electron chi connectivity index (χ1n) is 5.04. The molecule has 3 N–H and O–H groups in total. The molecule has 0 radical (unpaired) electrons. The normalized spacial score (nSPS) is 10.1. The fourth-order valence-electron chi connectivity index (χ4n) is 1.35. The number of hydrogen-bond acceptors (Lipinski definition) is 3. The molecule has 0 saturated heterocycles. The average molecular weight is 357 g/mol. The highest BCUT2D eigenvalue weighted by atomic mass is 127. The molecular formula is C12H9FIN3O. The minimum atomic E-state index is -0.370. The number of pyridine rings is 1. The number of carbonyl (C=O) groups excluding carboxylic acids is 1. The maximum Gasteiger partial charge on any atom is 0.256 e. The number of halogens is 2. The van der Waals surface area contributed by atoms with E-state index in [0.29, 0.717) is 20.6 Å². The van der Waals surface area contributed by atoms with E-state index < -0.39 is 0 Å². The lowest BCUT2D eigenvalue weighted by Crippen LogP contribution is -2.13. The smallest absolute Gasteiger partial charge is 0.256 e. The van der Waals surface area contributed by atoms with Crippen LogP contribution < -0.4 is 11.1 Å². The van der Waals surface area contributed by atoms with Crippen molar-refractivity contribution in [3.63, 3.8) is 0 Å². The van der Waals surface area contributed by atoms with E-state index in [4.69, 9.17) is 5.73 Å². The summed E-state index contributed by atoms with van der Waals surface area (Å²) in [5.74, 6) is -0.305. The number of amides is 1. The van der Waals surface area contributed by atoms with Gasteiger partial charge in [0, 0.05) is 3.57 Å². The van der Waals surface area contributed by atoms with Crippen LogP contribution in [0, 0.1) is 9.39 Å². The first-order chi connectivity index (χ1) is 8.56. The number of anilines is 2. The topological polar surface area (TPSA) is 68.0 Å². The molecule has 92 valence electrons. The van der Waals surface area contributed by atoms with Gasteiger partial charge >= 0.3 is 0 Å². The van der Waals surface area contributed by atoms with E-state index in [-0.39, 0.29) is 11.7 Å². The summed E-state index contributed by atoms with van der Waals surface area (Å²) in [4.78, 5) is 15.8. The quantitative estimate of drug-likeness (QED) is 0.813. The second kappa shape index (κ2) is 5.30. The molecule has 0 atom stereocenters. The van der Waals surface area contributed by atoms with Gasteiger partial charge in [-0.05, 0) is 52.9 Å². The Balaban J connectivity index is 2.19. The van der Waals surface area contributed by atoms with Crippen LogP contribution in [0.15, 0.2) is 36.5 Å². The summed E-state index contributed by atoms with van der Waals surface area (Å²) >= 11 is 1.91. The minimum absolute atomic E-state index is 0.314.